The number of benzene rings is 4. The third kappa shape index (κ3) is 6.87. The monoisotopic (exact) mass is 498 g/mol. The molecule has 0 radical (unpaired) electrons. The van der Waals surface area contributed by atoms with Gasteiger partial charge in [-0.05, 0) is 12.5 Å². The highest BCUT2D eigenvalue weighted by Crippen LogP contribution is 2.17. The molecule has 2 nitrogen and oxygen atoms in total. The van der Waals surface area contributed by atoms with Crippen molar-refractivity contribution in [1.29, 1.82) is 0 Å². The number of allylic oxidation sites excluding steroid dienone is 1. The van der Waals surface area contributed by atoms with Crippen LogP contribution in [-0.4, -0.2) is 24.3 Å². The van der Waals surface area contributed by atoms with E-state index in [9.17, 15) is 0 Å². The van der Waals surface area contributed by atoms with E-state index in [0.717, 1.165) is 18.6 Å². The van der Waals surface area contributed by atoms with Crippen LogP contribution in [0, 0.1) is 0 Å². The summed E-state index contributed by atoms with van der Waals surface area (Å²) in [5, 5.41) is 2.95. The number of nitrogens with zero attached hydrogens (tertiary/aromatic N) is 2. The Morgan fingerprint density at radius 2 is 1.19 bits per heavy atom. The first-order valence-corrected chi connectivity index (χ1v) is 15.4. The van der Waals surface area contributed by atoms with Crippen LogP contribution in [0.2, 0.25) is 12.9 Å². The van der Waals surface area contributed by atoms with Gasteiger partial charge in [-0.3, -0.25) is 0 Å². The minimum atomic E-state index is -1.92. The lowest BCUT2D eigenvalue weighted by atomic mass is 9.43. The van der Waals surface area contributed by atoms with Crippen molar-refractivity contribution in [2.75, 3.05) is 0 Å². The van der Waals surface area contributed by atoms with Crippen molar-refractivity contribution in [2.24, 2.45) is 0 Å². The zero-order valence-corrected chi connectivity index (χ0v) is 22.7. The molecular weight excluding hydrogens is 463 g/mol. The number of hydrogen-bond acceptors (Lipinski definition) is 1. The smallest absolute Gasteiger partial charge is 0.206 e. The molecule has 0 saturated heterocycles. The summed E-state index contributed by atoms with van der Waals surface area (Å²) in [6.07, 6.45) is 9.95. The van der Waals surface area contributed by atoms with Crippen molar-refractivity contribution in [2.45, 2.75) is 25.5 Å². The average Bonchev–Trinajstić information content (AvgIpc) is 3.50. The molecule has 0 aliphatic heterocycles. The molecule has 1 aromatic heterocycles. The largest absolute Gasteiger partial charge is 0.340 e. The number of hydrogen-bond donors (Lipinski definition) is 0. The summed E-state index contributed by atoms with van der Waals surface area (Å²) in [5.74, 6) is 0. The third-order valence-corrected chi connectivity index (χ3v) is 12.0. The second kappa shape index (κ2) is 13.4. The standard InChI is InChI=1S/C20H22N2Si.C13H13B/c1-2-3-16-23(18-22-15-14-21-17-22,19-10-6-4-7-11-19)20-12-8-5-9-13-20;1-14(12-8-4-2-5-9-12)13-10-6-3-7-11-13/h2,4-15,17H,1,3,16,18H2;2-11H,1H3. The van der Waals surface area contributed by atoms with E-state index in [4.69, 9.17) is 0 Å². The van der Waals surface area contributed by atoms with Crippen molar-refractivity contribution in [3.05, 3.63) is 153 Å². The molecule has 4 aromatic carbocycles. The van der Waals surface area contributed by atoms with E-state index in [2.05, 4.69) is 150 Å². The Hall–Kier alpha value is -3.89. The molecule has 0 N–H and O–H groups in total. The Morgan fingerprint density at radius 3 is 1.59 bits per heavy atom. The summed E-state index contributed by atoms with van der Waals surface area (Å²) >= 11 is 0. The van der Waals surface area contributed by atoms with Crippen LogP contribution in [0.4, 0.5) is 0 Å². The first kappa shape index (κ1) is 26.2. The molecule has 0 aliphatic rings. The van der Waals surface area contributed by atoms with Gasteiger partial charge in [0.25, 0.3) is 0 Å². The van der Waals surface area contributed by atoms with Crippen LogP contribution in [0.15, 0.2) is 153 Å². The van der Waals surface area contributed by atoms with E-state index in [0.29, 0.717) is 6.71 Å². The van der Waals surface area contributed by atoms with E-state index >= 15 is 0 Å². The van der Waals surface area contributed by atoms with Gasteiger partial charge in [-0.15, -0.1) is 6.58 Å². The van der Waals surface area contributed by atoms with Crippen LogP contribution in [-0.2, 0) is 6.17 Å². The topological polar surface area (TPSA) is 17.8 Å². The highest BCUT2D eigenvalue weighted by atomic mass is 28.3. The molecule has 1 heterocycles. The van der Waals surface area contributed by atoms with E-state index in [1.165, 1.54) is 21.3 Å². The van der Waals surface area contributed by atoms with Crippen LogP contribution in [0.25, 0.3) is 0 Å². The first-order chi connectivity index (χ1) is 18.2. The van der Waals surface area contributed by atoms with Gasteiger partial charge in [0.1, 0.15) is 8.07 Å². The van der Waals surface area contributed by atoms with Crippen LogP contribution in [0.5, 0.6) is 0 Å². The Kier molecular flexibility index (Phi) is 9.50. The van der Waals surface area contributed by atoms with Gasteiger partial charge in [0.2, 0.25) is 6.71 Å². The third-order valence-electron chi connectivity index (χ3n) is 7.04. The summed E-state index contributed by atoms with van der Waals surface area (Å²) < 4.78 is 2.23. The second-order valence-electron chi connectivity index (χ2n) is 9.42. The Morgan fingerprint density at radius 1 is 0.730 bits per heavy atom. The fraction of sp³-hybridized carbons (Fsp3) is 0.121. The lowest BCUT2D eigenvalue weighted by Crippen LogP contribution is -2.61. The maximum Gasteiger partial charge on any atom is 0.206 e. The highest BCUT2D eigenvalue weighted by molar-refractivity contribution is 7.01. The van der Waals surface area contributed by atoms with Gasteiger partial charge in [0.15, 0.2) is 0 Å². The Bertz CT molecular complexity index is 1230. The van der Waals surface area contributed by atoms with Crippen molar-refractivity contribution in [1.82, 2.24) is 9.55 Å². The number of imidazole rings is 1. The molecular formula is C33H35BN2Si. The minimum Gasteiger partial charge on any atom is -0.340 e. The summed E-state index contributed by atoms with van der Waals surface area (Å²) in [4.78, 5) is 4.24. The first-order valence-electron chi connectivity index (χ1n) is 13.0. The molecule has 0 aliphatic carbocycles. The number of aromatic nitrogens is 2. The van der Waals surface area contributed by atoms with E-state index in [1.807, 2.05) is 18.6 Å². The van der Waals surface area contributed by atoms with Crippen LogP contribution in [0.3, 0.4) is 0 Å². The predicted molar refractivity (Wildman–Crippen MR) is 164 cm³/mol. The van der Waals surface area contributed by atoms with Crippen molar-refractivity contribution >= 4 is 36.1 Å². The quantitative estimate of drug-likeness (QED) is 0.202. The molecule has 0 fully saturated rings. The molecule has 0 unspecified atom stereocenters. The maximum atomic E-state index is 4.24. The lowest BCUT2D eigenvalue weighted by molar-refractivity contribution is 0.848. The predicted octanol–water partition coefficient (Wildman–Crippen LogP) is 5.19. The lowest BCUT2D eigenvalue weighted by Gasteiger charge is -2.33. The van der Waals surface area contributed by atoms with Crippen LogP contribution >= 0.6 is 0 Å². The van der Waals surface area contributed by atoms with E-state index < -0.39 is 8.07 Å². The van der Waals surface area contributed by atoms with Gasteiger partial charge < -0.3 is 4.57 Å². The van der Waals surface area contributed by atoms with Gasteiger partial charge in [-0.25, -0.2) is 4.98 Å². The van der Waals surface area contributed by atoms with Gasteiger partial charge in [-0.2, -0.15) is 0 Å². The molecule has 5 aromatic rings. The highest BCUT2D eigenvalue weighted by Gasteiger charge is 2.36. The second-order valence-corrected chi connectivity index (χ2v) is 13.6. The van der Waals surface area contributed by atoms with Gasteiger partial charge in [0, 0.05) is 18.6 Å². The molecule has 0 saturated carbocycles. The molecule has 37 heavy (non-hydrogen) atoms. The number of rotatable bonds is 9. The zero-order chi connectivity index (χ0) is 25.8. The maximum absolute atomic E-state index is 4.24. The van der Waals surface area contributed by atoms with Crippen LogP contribution in [0.1, 0.15) is 6.42 Å². The van der Waals surface area contributed by atoms with Crippen molar-refractivity contribution in [3.8, 4) is 0 Å². The summed E-state index contributed by atoms with van der Waals surface area (Å²) in [7, 11) is -1.92. The summed E-state index contributed by atoms with van der Waals surface area (Å²) in [5.41, 5.74) is 2.75. The fourth-order valence-electron chi connectivity index (χ4n) is 4.95. The van der Waals surface area contributed by atoms with E-state index in [1.54, 1.807) is 0 Å². The summed E-state index contributed by atoms with van der Waals surface area (Å²) in [6.45, 7) is 6.68. The summed E-state index contributed by atoms with van der Waals surface area (Å²) in [6, 6.07) is 44.3. The Labute approximate surface area is 223 Å². The average molecular weight is 499 g/mol. The van der Waals surface area contributed by atoms with Crippen molar-refractivity contribution in [3.63, 3.8) is 0 Å². The molecule has 184 valence electrons. The van der Waals surface area contributed by atoms with Gasteiger partial charge in [-0.1, -0.05) is 156 Å². The van der Waals surface area contributed by atoms with Crippen LogP contribution < -0.4 is 21.3 Å². The molecule has 0 amide bonds. The minimum absolute atomic E-state index is 0.484. The normalized spacial score (nSPS) is 10.7. The van der Waals surface area contributed by atoms with E-state index in [-0.39, 0.29) is 0 Å². The fourth-order valence-corrected chi connectivity index (χ4v) is 9.55. The van der Waals surface area contributed by atoms with Gasteiger partial charge >= 0.3 is 0 Å². The Balaban J connectivity index is 0.000000195. The van der Waals surface area contributed by atoms with Crippen molar-refractivity contribution < 1.29 is 0 Å². The molecule has 0 spiro atoms. The van der Waals surface area contributed by atoms with Gasteiger partial charge in [0.05, 0.1) is 6.33 Å². The zero-order valence-electron chi connectivity index (χ0n) is 21.7. The SMILES string of the molecule is C=CCC[Si](Cn1ccnc1)(c1ccccc1)c1ccccc1.CB(c1ccccc1)c1ccccc1. The molecule has 5 rings (SSSR count). The molecule has 4 heteroatoms. The molecule has 0 atom stereocenters. The molecule has 0 bridgehead atoms.